The van der Waals surface area contributed by atoms with E-state index in [9.17, 15) is 14.4 Å². The number of hydrogen-bond donors (Lipinski definition) is 2. The number of nitrogens with one attached hydrogen (secondary N) is 1. The summed E-state index contributed by atoms with van der Waals surface area (Å²) in [7, 11) is 0. The van der Waals surface area contributed by atoms with Gasteiger partial charge in [0.25, 0.3) is 0 Å². The quantitative estimate of drug-likeness (QED) is 0.638. The number of rotatable bonds is 8. The molecule has 3 rings (SSSR count). The fraction of sp³-hybridized carbons (Fsp3) is 0.625. The third-order valence-corrected chi connectivity index (χ3v) is 6.48. The zero-order valence-electron chi connectivity index (χ0n) is 19.1. The molecule has 2 aliphatic rings. The molecule has 32 heavy (non-hydrogen) atoms. The van der Waals surface area contributed by atoms with Gasteiger partial charge >= 0.3 is 5.97 Å². The van der Waals surface area contributed by atoms with Crippen LogP contribution in [0.4, 0.5) is 5.69 Å². The summed E-state index contributed by atoms with van der Waals surface area (Å²) in [4.78, 5) is 40.0. The van der Waals surface area contributed by atoms with E-state index in [1.807, 2.05) is 6.92 Å². The molecule has 0 bridgehead atoms. The van der Waals surface area contributed by atoms with Crippen molar-refractivity contribution in [3.8, 4) is 0 Å². The first-order valence-electron chi connectivity index (χ1n) is 11.6. The number of nitrogens with zero attached hydrogens (tertiary/aromatic N) is 2. The first-order valence-corrected chi connectivity index (χ1v) is 11.6. The van der Waals surface area contributed by atoms with E-state index >= 15 is 0 Å². The molecule has 2 fully saturated rings. The summed E-state index contributed by atoms with van der Waals surface area (Å²) in [5.74, 6) is -0.767. The fourth-order valence-corrected chi connectivity index (χ4v) is 4.53. The van der Waals surface area contributed by atoms with Gasteiger partial charge in [0, 0.05) is 45.4 Å². The Morgan fingerprint density at radius 1 is 1.06 bits per heavy atom. The highest BCUT2D eigenvalue weighted by Gasteiger charge is 2.33. The highest BCUT2D eigenvalue weighted by molar-refractivity contribution is 5.88. The van der Waals surface area contributed by atoms with Gasteiger partial charge in [0.15, 0.2) is 0 Å². The number of amides is 2. The van der Waals surface area contributed by atoms with E-state index < -0.39 is 18.1 Å². The van der Waals surface area contributed by atoms with Gasteiger partial charge in [-0.1, -0.05) is 19.3 Å². The van der Waals surface area contributed by atoms with Crippen LogP contribution in [-0.2, 0) is 14.3 Å². The topological polar surface area (TPSA) is 99.2 Å². The van der Waals surface area contributed by atoms with Gasteiger partial charge in [0.05, 0.1) is 11.7 Å². The standard InChI is InChI=1S/C24H35N3O5/c1-17(32-16-19-6-4-3-5-7-19)22(25-18(2)28)23(29)27-14-12-26(13-15-27)21-10-8-20(9-11-21)24(30)31/h8-11,17,19,22H,3-7,12-16H2,1-2H3,(H,25,28)(H,30,31)/t17-,22+/m1/s1. The molecule has 8 nitrogen and oxygen atoms in total. The second kappa shape index (κ2) is 11.3. The predicted octanol–water partition coefficient (Wildman–Crippen LogP) is 2.52. The second-order valence-corrected chi connectivity index (χ2v) is 8.89. The van der Waals surface area contributed by atoms with Crippen LogP contribution in [0.2, 0.25) is 0 Å². The van der Waals surface area contributed by atoms with E-state index in [1.54, 1.807) is 29.2 Å². The van der Waals surface area contributed by atoms with E-state index in [0.717, 1.165) is 5.69 Å². The van der Waals surface area contributed by atoms with E-state index in [1.165, 1.54) is 39.0 Å². The van der Waals surface area contributed by atoms with Gasteiger partial charge in [-0.2, -0.15) is 0 Å². The van der Waals surface area contributed by atoms with Crippen molar-refractivity contribution < 1.29 is 24.2 Å². The number of aromatic carboxylic acids is 1. The molecule has 176 valence electrons. The smallest absolute Gasteiger partial charge is 0.335 e. The highest BCUT2D eigenvalue weighted by atomic mass is 16.5. The van der Waals surface area contributed by atoms with Crippen LogP contribution >= 0.6 is 0 Å². The molecule has 1 saturated heterocycles. The van der Waals surface area contributed by atoms with Crippen molar-refractivity contribution in [2.75, 3.05) is 37.7 Å². The Hall–Kier alpha value is -2.61. The van der Waals surface area contributed by atoms with Crippen molar-refractivity contribution in [3.63, 3.8) is 0 Å². The molecule has 2 N–H and O–H groups in total. The lowest BCUT2D eigenvalue weighted by atomic mass is 9.90. The number of carboxylic acids is 1. The summed E-state index contributed by atoms with van der Waals surface area (Å²) >= 11 is 0. The van der Waals surface area contributed by atoms with Crippen molar-refractivity contribution in [1.29, 1.82) is 0 Å². The number of carboxylic acid groups (broad SMARTS) is 1. The number of hydrogen-bond acceptors (Lipinski definition) is 5. The first-order chi connectivity index (χ1) is 15.3. The van der Waals surface area contributed by atoms with Gasteiger partial charge in [0.2, 0.25) is 11.8 Å². The lowest BCUT2D eigenvalue weighted by Gasteiger charge is -2.38. The zero-order valence-corrected chi connectivity index (χ0v) is 19.1. The van der Waals surface area contributed by atoms with Crippen LogP contribution in [0.3, 0.4) is 0 Å². The number of carbonyl (C=O) groups excluding carboxylic acids is 2. The predicted molar refractivity (Wildman–Crippen MR) is 122 cm³/mol. The Morgan fingerprint density at radius 2 is 1.69 bits per heavy atom. The Morgan fingerprint density at radius 3 is 2.25 bits per heavy atom. The van der Waals surface area contributed by atoms with Crippen LogP contribution in [0.1, 0.15) is 56.3 Å². The Labute approximate surface area is 189 Å². The number of ether oxygens (including phenoxy) is 1. The summed E-state index contributed by atoms with van der Waals surface area (Å²) < 4.78 is 6.06. The van der Waals surface area contributed by atoms with Crippen molar-refractivity contribution in [2.24, 2.45) is 5.92 Å². The van der Waals surface area contributed by atoms with Crippen molar-refractivity contribution in [1.82, 2.24) is 10.2 Å². The molecule has 0 spiro atoms. The summed E-state index contributed by atoms with van der Waals surface area (Å²) in [6, 6.07) is 6.07. The monoisotopic (exact) mass is 445 g/mol. The molecule has 0 radical (unpaired) electrons. The molecule has 1 saturated carbocycles. The van der Waals surface area contributed by atoms with Gasteiger partial charge in [-0.15, -0.1) is 0 Å². The maximum atomic E-state index is 13.2. The van der Waals surface area contributed by atoms with E-state index in [-0.39, 0.29) is 17.4 Å². The molecule has 2 atom stereocenters. The van der Waals surface area contributed by atoms with Crippen molar-refractivity contribution >= 4 is 23.5 Å². The molecular weight excluding hydrogens is 410 g/mol. The summed E-state index contributed by atoms with van der Waals surface area (Å²) in [5, 5.41) is 11.9. The lowest BCUT2D eigenvalue weighted by molar-refractivity contribution is -0.141. The fourth-order valence-electron chi connectivity index (χ4n) is 4.53. The molecule has 1 aromatic carbocycles. The van der Waals surface area contributed by atoms with Gasteiger partial charge in [0.1, 0.15) is 6.04 Å². The summed E-state index contributed by atoms with van der Waals surface area (Å²) in [6.07, 6.45) is 5.70. The van der Waals surface area contributed by atoms with E-state index in [2.05, 4.69) is 10.2 Å². The molecule has 1 aliphatic heterocycles. The summed E-state index contributed by atoms with van der Waals surface area (Å²) in [6.45, 7) is 6.26. The maximum Gasteiger partial charge on any atom is 0.335 e. The molecule has 1 aliphatic carbocycles. The molecule has 1 heterocycles. The zero-order chi connectivity index (χ0) is 23.1. The van der Waals surface area contributed by atoms with Crippen LogP contribution in [0.25, 0.3) is 0 Å². The third kappa shape index (κ3) is 6.45. The lowest BCUT2D eigenvalue weighted by Crippen LogP contribution is -2.58. The SMILES string of the molecule is CC(=O)N[C@H](C(=O)N1CCN(c2ccc(C(=O)O)cc2)CC1)[C@@H](C)OCC1CCCCC1. The van der Waals surface area contributed by atoms with Crippen LogP contribution < -0.4 is 10.2 Å². The largest absolute Gasteiger partial charge is 0.478 e. The molecule has 0 aromatic heterocycles. The minimum atomic E-state index is -0.948. The number of benzene rings is 1. The first kappa shape index (κ1) is 24.0. The molecular formula is C24H35N3O5. The van der Waals surface area contributed by atoms with Crippen LogP contribution in [0.5, 0.6) is 0 Å². The average Bonchev–Trinajstić information content (AvgIpc) is 2.81. The van der Waals surface area contributed by atoms with Gasteiger partial charge in [-0.3, -0.25) is 9.59 Å². The van der Waals surface area contributed by atoms with Gasteiger partial charge in [-0.25, -0.2) is 4.79 Å². The molecule has 1 aromatic rings. The molecule has 8 heteroatoms. The van der Waals surface area contributed by atoms with Crippen LogP contribution in [-0.4, -0.2) is 72.7 Å². The van der Waals surface area contributed by atoms with Crippen LogP contribution in [0.15, 0.2) is 24.3 Å². The van der Waals surface area contributed by atoms with Gasteiger partial charge < -0.3 is 25.0 Å². The second-order valence-electron chi connectivity index (χ2n) is 8.89. The van der Waals surface area contributed by atoms with E-state index in [0.29, 0.717) is 38.7 Å². The molecule has 0 unspecified atom stereocenters. The Kier molecular flexibility index (Phi) is 8.50. The molecule has 2 amide bonds. The minimum absolute atomic E-state index is 0.114. The number of carbonyl (C=O) groups is 3. The summed E-state index contributed by atoms with van der Waals surface area (Å²) in [5.41, 5.74) is 1.19. The minimum Gasteiger partial charge on any atom is -0.478 e. The van der Waals surface area contributed by atoms with Gasteiger partial charge in [-0.05, 0) is 49.9 Å². The Bertz CT molecular complexity index is 783. The number of anilines is 1. The average molecular weight is 446 g/mol. The third-order valence-electron chi connectivity index (χ3n) is 6.48. The highest BCUT2D eigenvalue weighted by Crippen LogP contribution is 2.24. The van der Waals surface area contributed by atoms with Crippen LogP contribution in [0, 0.1) is 5.92 Å². The van der Waals surface area contributed by atoms with Crippen molar-refractivity contribution in [2.45, 2.75) is 58.1 Å². The number of piperazine rings is 1. The Balaban J connectivity index is 1.55. The maximum absolute atomic E-state index is 13.2. The van der Waals surface area contributed by atoms with E-state index in [4.69, 9.17) is 9.84 Å². The normalized spacial score (nSPS) is 19.3. The van der Waals surface area contributed by atoms with Crippen molar-refractivity contribution in [3.05, 3.63) is 29.8 Å².